The van der Waals surface area contributed by atoms with E-state index in [1.807, 2.05) is 42.2 Å². The number of amides is 2. The number of hydrogen-bond donors (Lipinski definition) is 2. The van der Waals surface area contributed by atoms with Gasteiger partial charge in [0.05, 0.1) is 37.9 Å². The minimum atomic E-state index is -0.750. The third kappa shape index (κ3) is 10.8. The van der Waals surface area contributed by atoms with E-state index in [2.05, 4.69) is 9.82 Å². The second-order valence-electron chi connectivity index (χ2n) is 14.7. The first kappa shape index (κ1) is 43.2. The van der Waals surface area contributed by atoms with Crippen molar-refractivity contribution in [1.29, 1.82) is 0 Å². The van der Waals surface area contributed by atoms with E-state index in [0.29, 0.717) is 76.2 Å². The van der Waals surface area contributed by atoms with Crippen LogP contribution < -0.4 is 9.47 Å². The summed E-state index contributed by atoms with van der Waals surface area (Å²) in [5, 5.41) is 16.8. The van der Waals surface area contributed by atoms with Crippen molar-refractivity contribution in [3.63, 3.8) is 0 Å². The first-order chi connectivity index (χ1) is 28.1. The summed E-state index contributed by atoms with van der Waals surface area (Å²) in [5.41, 5.74) is 5.19. The zero-order valence-electron chi connectivity index (χ0n) is 32.8. The number of hydrogen-bond acceptors (Lipinski definition) is 11. The van der Waals surface area contributed by atoms with Gasteiger partial charge in [-0.15, -0.1) is 0 Å². The Morgan fingerprint density at radius 2 is 1.64 bits per heavy atom. The molecule has 3 aromatic rings. The number of halogens is 3. The Bertz CT molecular complexity index is 1910. The fraction of sp³-hybridized carbons (Fsp3) is 0.500. The van der Waals surface area contributed by atoms with Crippen LogP contribution in [0.25, 0.3) is 5.57 Å². The summed E-state index contributed by atoms with van der Waals surface area (Å²) in [7, 11) is 1.65. The highest BCUT2D eigenvalue weighted by Crippen LogP contribution is 2.45. The van der Waals surface area contributed by atoms with Crippen LogP contribution in [0, 0.1) is 18.6 Å². The summed E-state index contributed by atoms with van der Waals surface area (Å²) < 4.78 is 50.3. The SMILES string of the molecule is COCCCOc1nccc(CN(C(=O)C2=C(c3ccc(CCCOc4c(F)ccc(F)c4Cl)cc3)CC3CCC2N3C(=O)OCCCCON(O)O)C2CC2)c1C. The Morgan fingerprint density at radius 3 is 2.38 bits per heavy atom. The summed E-state index contributed by atoms with van der Waals surface area (Å²) in [5.74, 6) is -1.37. The molecule has 2 amide bonds. The van der Waals surface area contributed by atoms with Gasteiger partial charge in [0.15, 0.2) is 11.6 Å². The molecule has 1 aromatic heterocycles. The number of nitrogens with zero attached hydrogens (tertiary/aromatic N) is 4. The molecule has 2 aromatic carbocycles. The van der Waals surface area contributed by atoms with Crippen LogP contribution in [0.2, 0.25) is 5.02 Å². The Morgan fingerprint density at radius 1 is 0.897 bits per heavy atom. The second kappa shape index (κ2) is 20.5. The molecule has 3 heterocycles. The third-order valence-electron chi connectivity index (χ3n) is 10.8. The molecule has 6 rings (SSSR count). The van der Waals surface area contributed by atoms with E-state index in [4.69, 9.17) is 41.0 Å². The van der Waals surface area contributed by atoms with Crippen LogP contribution in [0.15, 0.2) is 54.2 Å². The Labute approximate surface area is 341 Å². The molecule has 2 unspecified atom stereocenters. The zero-order chi connectivity index (χ0) is 41.2. The van der Waals surface area contributed by atoms with Gasteiger partial charge in [0.1, 0.15) is 10.8 Å². The van der Waals surface area contributed by atoms with Gasteiger partial charge in [-0.3, -0.25) is 24.9 Å². The van der Waals surface area contributed by atoms with Gasteiger partial charge in [0.25, 0.3) is 5.91 Å². The fourth-order valence-electron chi connectivity index (χ4n) is 7.62. The van der Waals surface area contributed by atoms with Crippen molar-refractivity contribution >= 4 is 29.2 Å². The number of methoxy groups -OCH3 is 1. The molecule has 1 saturated heterocycles. The minimum absolute atomic E-state index is 0.0377. The third-order valence-corrected chi connectivity index (χ3v) is 11.1. The van der Waals surface area contributed by atoms with Gasteiger partial charge in [-0.25, -0.2) is 18.6 Å². The maximum absolute atomic E-state index is 15.1. The molecular formula is C42H51ClF2N4O9. The van der Waals surface area contributed by atoms with Crippen molar-refractivity contribution < 1.29 is 52.6 Å². The molecule has 2 N–H and O–H groups in total. The van der Waals surface area contributed by atoms with E-state index < -0.39 is 23.8 Å². The van der Waals surface area contributed by atoms with E-state index in [1.54, 1.807) is 18.2 Å². The fourth-order valence-corrected chi connectivity index (χ4v) is 7.82. The molecule has 58 heavy (non-hydrogen) atoms. The van der Waals surface area contributed by atoms with Crippen LogP contribution >= 0.6 is 11.6 Å². The van der Waals surface area contributed by atoms with E-state index in [0.717, 1.165) is 59.2 Å². The van der Waals surface area contributed by atoms with Crippen LogP contribution in [-0.2, 0) is 32.1 Å². The monoisotopic (exact) mass is 828 g/mol. The van der Waals surface area contributed by atoms with Crippen molar-refractivity contribution in [2.24, 2.45) is 0 Å². The van der Waals surface area contributed by atoms with Crippen molar-refractivity contribution in [2.45, 2.75) is 95.8 Å². The molecule has 0 spiro atoms. The number of carbonyl (C=O) groups is 2. The van der Waals surface area contributed by atoms with E-state index in [9.17, 15) is 13.6 Å². The normalized spacial score (nSPS) is 17.6. The first-order valence-corrected chi connectivity index (χ1v) is 20.2. The number of pyridine rings is 1. The zero-order valence-corrected chi connectivity index (χ0v) is 33.6. The maximum atomic E-state index is 15.1. The summed E-state index contributed by atoms with van der Waals surface area (Å²) in [4.78, 5) is 41.5. The molecule has 314 valence electrons. The van der Waals surface area contributed by atoms with Crippen molar-refractivity contribution in [3.8, 4) is 11.6 Å². The molecule has 1 aliphatic carbocycles. The molecule has 2 bridgehead atoms. The van der Waals surface area contributed by atoms with Gasteiger partial charge < -0.3 is 23.8 Å². The number of unbranched alkanes of at least 4 members (excludes halogenated alkanes) is 1. The molecule has 2 fully saturated rings. The number of aromatic nitrogens is 1. The van der Waals surface area contributed by atoms with Crippen molar-refractivity contribution in [2.75, 3.05) is 40.1 Å². The standard InChI is InChI=1S/C42H51ClF2N4O9/c1-27-30(18-19-46-40(27)56-23-6-20-54-2)26-47(31-12-13-31)41(50)37-33(25-32-14-17-36(37)48(32)42(51)57-21-3-4-24-58-49(52)53)29-10-8-28(9-11-29)7-5-22-55-39-35(45)16-15-34(44)38(39)43/h8-11,15-16,18-19,31-32,36,52-53H,3-7,12-14,17,20-26H2,1-2H3. The minimum Gasteiger partial charge on any atom is -0.489 e. The summed E-state index contributed by atoms with van der Waals surface area (Å²) >= 11 is 5.91. The number of ether oxygens (including phenoxy) is 4. The summed E-state index contributed by atoms with van der Waals surface area (Å²) in [6.45, 7) is 3.61. The molecule has 2 atom stereocenters. The van der Waals surface area contributed by atoms with E-state index in [1.165, 1.54) is 0 Å². The van der Waals surface area contributed by atoms with Gasteiger partial charge in [-0.1, -0.05) is 35.9 Å². The largest absolute Gasteiger partial charge is 0.489 e. The van der Waals surface area contributed by atoms with E-state index in [-0.39, 0.29) is 54.0 Å². The average molecular weight is 829 g/mol. The number of carbonyl (C=O) groups excluding carboxylic acids is 2. The van der Waals surface area contributed by atoms with Crippen LogP contribution in [0.5, 0.6) is 11.6 Å². The van der Waals surface area contributed by atoms with Gasteiger partial charge in [0, 0.05) is 56.1 Å². The number of aryl methyl sites for hydroxylation is 1. The lowest BCUT2D eigenvalue weighted by atomic mass is 9.87. The molecule has 16 heteroatoms. The predicted molar refractivity (Wildman–Crippen MR) is 208 cm³/mol. The Hall–Kier alpha value is -4.38. The molecule has 2 aliphatic heterocycles. The highest BCUT2D eigenvalue weighted by molar-refractivity contribution is 6.32. The lowest BCUT2D eigenvalue weighted by Gasteiger charge is -2.38. The molecule has 3 aliphatic rings. The van der Waals surface area contributed by atoms with Crippen LogP contribution in [0.1, 0.15) is 80.0 Å². The lowest BCUT2D eigenvalue weighted by Crippen LogP contribution is -2.49. The molecule has 1 saturated carbocycles. The second-order valence-corrected chi connectivity index (χ2v) is 15.1. The van der Waals surface area contributed by atoms with Gasteiger partial charge in [-0.2, -0.15) is 0 Å². The highest BCUT2D eigenvalue weighted by Gasteiger charge is 2.49. The summed E-state index contributed by atoms with van der Waals surface area (Å²) in [6, 6.07) is 11.2. The molecular weight excluding hydrogens is 778 g/mol. The van der Waals surface area contributed by atoms with Crippen LogP contribution in [0.4, 0.5) is 13.6 Å². The Balaban J connectivity index is 1.22. The van der Waals surface area contributed by atoms with Gasteiger partial charge in [0.2, 0.25) is 5.88 Å². The van der Waals surface area contributed by atoms with Crippen molar-refractivity contribution in [1.82, 2.24) is 20.2 Å². The van der Waals surface area contributed by atoms with Crippen LogP contribution in [0.3, 0.4) is 0 Å². The van der Waals surface area contributed by atoms with Crippen molar-refractivity contribution in [3.05, 3.63) is 93.1 Å². The quantitative estimate of drug-likeness (QED) is 0.0616. The average Bonchev–Trinajstić information content (AvgIpc) is 4.01. The maximum Gasteiger partial charge on any atom is 0.410 e. The smallest absolute Gasteiger partial charge is 0.410 e. The summed E-state index contributed by atoms with van der Waals surface area (Å²) in [6.07, 6.45) is 7.49. The number of benzene rings is 2. The highest BCUT2D eigenvalue weighted by atomic mass is 35.5. The topological polar surface area (TPSA) is 143 Å². The first-order valence-electron chi connectivity index (χ1n) is 19.8. The number of fused-ring (bicyclic) bond motifs is 2. The Kier molecular flexibility index (Phi) is 15.3. The molecule has 13 nitrogen and oxygen atoms in total. The van der Waals surface area contributed by atoms with E-state index >= 15 is 4.79 Å². The predicted octanol–water partition coefficient (Wildman–Crippen LogP) is 7.86. The lowest BCUT2D eigenvalue weighted by molar-refractivity contribution is -0.492. The van der Waals surface area contributed by atoms with Gasteiger partial charge >= 0.3 is 6.09 Å². The molecule has 0 radical (unpaired) electrons. The van der Waals surface area contributed by atoms with Gasteiger partial charge in [-0.05, 0) is 105 Å². The van der Waals surface area contributed by atoms with Crippen LogP contribution in [-0.4, -0.2) is 101 Å². The number of rotatable bonds is 21.